The summed E-state index contributed by atoms with van der Waals surface area (Å²) >= 11 is 3.21. The first-order valence-electron chi connectivity index (χ1n) is 1.82. The normalized spacial score (nSPS) is 6.78. The smallest absolute Gasteiger partial charge is 0.0638 e. The van der Waals surface area contributed by atoms with Crippen LogP contribution in [0.15, 0.2) is 22.9 Å². The van der Waals surface area contributed by atoms with E-state index in [2.05, 4.69) is 26.1 Å². The molecule has 0 spiro atoms. The van der Waals surface area contributed by atoms with Gasteiger partial charge in [-0.2, -0.15) is 10.2 Å². The maximum absolute atomic E-state index is 3.59. The zero-order valence-corrected chi connectivity index (χ0v) is 9.33. The summed E-state index contributed by atoms with van der Waals surface area (Å²) in [5, 5.41) is 7.15. The van der Waals surface area contributed by atoms with Gasteiger partial charge in [0, 0.05) is 4.47 Å². The Labute approximate surface area is 82.7 Å². The first-order chi connectivity index (χ1) is 3.39. The largest absolute Gasteiger partial charge is 0.159 e. The fourth-order valence-corrected chi connectivity index (χ4v) is 0.484. The van der Waals surface area contributed by atoms with Gasteiger partial charge in [0.2, 0.25) is 0 Å². The molecular weight excluding hydrogens is 316 g/mol. The first-order valence-corrected chi connectivity index (χ1v) is 2.61. The lowest BCUT2D eigenvalue weighted by Gasteiger charge is -1.78. The van der Waals surface area contributed by atoms with E-state index in [1.165, 1.54) is 0 Å². The highest BCUT2D eigenvalue weighted by Gasteiger charge is 1.76. The van der Waals surface area contributed by atoms with Crippen molar-refractivity contribution in [3.05, 3.63) is 22.9 Å². The minimum atomic E-state index is 0. The Morgan fingerprint density at radius 3 is 2.11 bits per heavy atom. The molecule has 0 aliphatic carbocycles. The third-order valence-corrected chi connectivity index (χ3v) is 1.02. The zero-order chi connectivity index (χ0) is 5.11. The molecule has 1 rings (SSSR count). The van der Waals surface area contributed by atoms with Crippen LogP contribution in [0.4, 0.5) is 0 Å². The van der Waals surface area contributed by atoms with Gasteiger partial charge in [-0.05, 0) is 22.0 Å². The quantitative estimate of drug-likeness (QED) is 0.733. The zero-order valence-electron chi connectivity index (χ0n) is 4.32. The summed E-state index contributed by atoms with van der Waals surface area (Å²) in [6.45, 7) is 0. The minimum Gasteiger partial charge on any atom is -0.159 e. The molecule has 0 bridgehead atoms. The van der Waals surface area contributed by atoms with Crippen molar-refractivity contribution in [2.24, 2.45) is 0 Å². The van der Waals surface area contributed by atoms with Crippen molar-refractivity contribution in [2.75, 3.05) is 0 Å². The molecule has 1 aromatic heterocycles. The molecule has 2 nitrogen and oxygen atoms in total. The average Bonchev–Trinajstić information content (AvgIpc) is 1.69. The molecule has 9 heavy (non-hydrogen) atoms. The standard InChI is InChI=1S/C4H3BrN2.2BrH/c5-4-1-2-6-7-3-4;;/h1-3H;2*1H. The van der Waals surface area contributed by atoms with Gasteiger partial charge in [-0.25, -0.2) is 0 Å². The van der Waals surface area contributed by atoms with E-state index in [9.17, 15) is 0 Å². The predicted octanol–water partition coefficient (Wildman–Crippen LogP) is 2.39. The van der Waals surface area contributed by atoms with Crippen LogP contribution in [0.3, 0.4) is 0 Å². The second kappa shape index (κ2) is 6.64. The Bertz CT molecular complexity index is 144. The van der Waals surface area contributed by atoms with Crippen molar-refractivity contribution in [2.45, 2.75) is 0 Å². The van der Waals surface area contributed by atoms with Crippen molar-refractivity contribution in [1.82, 2.24) is 10.2 Å². The Hall–Kier alpha value is 0.520. The van der Waals surface area contributed by atoms with Crippen molar-refractivity contribution in [3.63, 3.8) is 0 Å². The van der Waals surface area contributed by atoms with Gasteiger partial charge >= 0.3 is 0 Å². The van der Waals surface area contributed by atoms with E-state index in [0.29, 0.717) is 0 Å². The van der Waals surface area contributed by atoms with Crippen LogP contribution in [0.5, 0.6) is 0 Å². The lowest BCUT2D eigenvalue weighted by atomic mass is 10.6. The van der Waals surface area contributed by atoms with Gasteiger partial charge in [-0.3, -0.25) is 0 Å². The van der Waals surface area contributed by atoms with Crippen LogP contribution in [0.25, 0.3) is 0 Å². The summed E-state index contributed by atoms with van der Waals surface area (Å²) < 4.78 is 0.961. The van der Waals surface area contributed by atoms with Crippen molar-refractivity contribution < 1.29 is 0 Å². The summed E-state index contributed by atoms with van der Waals surface area (Å²) in [6.07, 6.45) is 3.27. The van der Waals surface area contributed by atoms with Crippen LogP contribution in [-0.4, -0.2) is 10.2 Å². The molecule has 0 aromatic carbocycles. The molecule has 1 heterocycles. The molecule has 0 aliphatic rings. The number of nitrogens with zero attached hydrogens (tertiary/aromatic N) is 2. The minimum absolute atomic E-state index is 0. The summed E-state index contributed by atoms with van der Waals surface area (Å²) in [6, 6.07) is 1.83. The van der Waals surface area contributed by atoms with Crippen LogP contribution in [0.1, 0.15) is 0 Å². The third kappa shape index (κ3) is 4.99. The lowest BCUT2D eigenvalue weighted by molar-refractivity contribution is 1.02. The molecule has 0 aliphatic heterocycles. The maximum Gasteiger partial charge on any atom is 0.0638 e. The van der Waals surface area contributed by atoms with Gasteiger partial charge in [0.05, 0.1) is 12.4 Å². The van der Waals surface area contributed by atoms with E-state index < -0.39 is 0 Å². The number of hydrogen-bond acceptors (Lipinski definition) is 2. The summed E-state index contributed by atoms with van der Waals surface area (Å²) in [5.41, 5.74) is 0. The number of rotatable bonds is 0. The topological polar surface area (TPSA) is 25.8 Å². The molecule has 0 saturated carbocycles. The molecule has 0 saturated heterocycles. The molecule has 0 radical (unpaired) electrons. The highest BCUT2D eigenvalue weighted by atomic mass is 79.9. The fraction of sp³-hybridized carbons (Fsp3) is 0. The summed E-state index contributed by atoms with van der Waals surface area (Å²) in [7, 11) is 0. The van der Waals surface area contributed by atoms with Gasteiger partial charge in [-0.1, -0.05) is 0 Å². The van der Waals surface area contributed by atoms with E-state index in [1.54, 1.807) is 12.4 Å². The van der Waals surface area contributed by atoms with Crippen LogP contribution >= 0.6 is 49.9 Å². The Morgan fingerprint density at radius 1 is 1.22 bits per heavy atom. The molecule has 1 aromatic rings. The molecule has 52 valence electrons. The van der Waals surface area contributed by atoms with Crippen LogP contribution in [0.2, 0.25) is 0 Å². The Kier molecular flexibility index (Phi) is 9.01. The number of halogens is 3. The van der Waals surface area contributed by atoms with Gasteiger partial charge in [0.15, 0.2) is 0 Å². The van der Waals surface area contributed by atoms with E-state index in [-0.39, 0.29) is 34.0 Å². The Balaban J connectivity index is 0. The van der Waals surface area contributed by atoms with Crippen LogP contribution < -0.4 is 0 Å². The van der Waals surface area contributed by atoms with Crippen LogP contribution in [-0.2, 0) is 0 Å². The van der Waals surface area contributed by atoms with Crippen molar-refractivity contribution >= 4 is 49.9 Å². The lowest BCUT2D eigenvalue weighted by Crippen LogP contribution is -1.73. The second-order valence-electron chi connectivity index (χ2n) is 1.06. The number of hydrogen-bond donors (Lipinski definition) is 0. The second-order valence-corrected chi connectivity index (χ2v) is 1.98. The Morgan fingerprint density at radius 2 is 1.89 bits per heavy atom. The number of aromatic nitrogens is 2. The van der Waals surface area contributed by atoms with Gasteiger partial charge in [0.1, 0.15) is 0 Å². The van der Waals surface area contributed by atoms with E-state index >= 15 is 0 Å². The molecule has 0 N–H and O–H groups in total. The molecule has 0 unspecified atom stereocenters. The molecule has 0 amide bonds. The van der Waals surface area contributed by atoms with Gasteiger partial charge < -0.3 is 0 Å². The SMILES string of the molecule is Br.Br.Brc1ccnnc1. The van der Waals surface area contributed by atoms with Crippen molar-refractivity contribution in [3.8, 4) is 0 Å². The average molecular weight is 321 g/mol. The van der Waals surface area contributed by atoms with E-state index in [1.807, 2.05) is 6.07 Å². The van der Waals surface area contributed by atoms with E-state index in [0.717, 1.165) is 4.47 Å². The van der Waals surface area contributed by atoms with Gasteiger partial charge in [0.25, 0.3) is 0 Å². The molecule has 5 heteroatoms. The predicted molar refractivity (Wildman–Crippen MR) is 50.4 cm³/mol. The molecule has 0 atom stereocenters. The molecule has 0 fully saturated rings. The molecular formula is C4H5Br3N2. The van der Waals surface area contributed by atoms with Crippen molar-refractivity contribution in [1.29, 1.82) is 0 Å². The van der Waals surface area contributed by atoms with E-state index in [4.69, 9.17) is 0 Å². The third-order valence-electron chi connectivity index (χ3n) is 0.548. The fourth-order valence-electron chi connectivity index (χ4n) is 0.275. The highest BCUT2D eigenvalue weighted by molar-refractivity contribution is 9.10. The highest BCUT2D eigenvalue weighted by Crippen LogP contribution is 2.01. The monoisotopic (exact) mass is 318 g/mol. The van der Waals surface area contributed by atoms with Crippen LogP contribution in [0, 0.1) is 0 Å². The summed E-state index contributed by atoms with van der Waals surface area (Å²) in [5.74, 6) is 0. The first kappa shape index (κ1) is 12.2. The van der Waals surface area contributed by atoms with Gasteiger partial charge in [-0.15, -0.1) is 34.0 Å². The maximum atomic E-state index is 3.59. The summed E-state index contributed by atoms with van der Waals surface area (Å²) in [4.78, 5) is 0.